The SMILES string of the molecule is O=P(O)(O)OC1C(OP(=O)(O)O)C(OP(=O)(O)O)C(OP(=O)(O)O)C(OP(=O)(O)O)C1OP(=O)(O)O.O=P(O)(O)OC1C(OP(=O)(O)O)C(OP(=O)(O)O)C(OP(=O)(O)O)C(OP(=O)(O)O)C1OP(=O)(O)O. The summed E-state index contributed by atoms with van der Waals surface area (Å²) in [5.41, 5.74) is 0. The van der Waals surface area contributed by atoms with Crippen LogP contribution in [-0.2, 0) is 109 Å². The van der Waals surface area contributed by atoms with Crippen molar-refractivity contribution in [1.29, 1.82) is 0 Å². The Balaban J connectivity index is 0.000000720. The van der Waals surface area contributed by atoms with Gasteiger partial charge in [-0.15, -0.1) is 0 Å². The second-order valence-corrected chi connectivity index (χ2v) is 27.0. The number of hydrogen-bond acceptors (Lipinski definition) is 24. The van der Waals surface area contributed by atoms with Crippen LogP contribution in [0.3, 0.4) is 0 Å². The smallest absolute Gasteiger partial charge is 0.303 e. The monoisotopic (exact) mass is 1320 g/mol. The van der Waals surface area contributed by atoms with E-state index in [1.54, 1.807) is 0 Å². The molecule has 2 fully saturated rings. The van der Waals surface area contributed by atoms with Crippen LogP contribution in [0.5, 0.6) is 0 Å². The first-order valence-electron chi connectivity index (χ1n) is 16.0. The van der Waals surface area contributed by atoms with Crippen molar-refractivity contribution in [3.8, 4) is 0 Å². The number of hydrogen-bond donors (Lipinski definition) is 24. The second-order valence-electron chi connectivity index (χ2n) is 12.7. The minimum atomic E-state index is -6.02. The van der Waals surface area contributed by atoms with Gasteiger partial charge in [-0.05, 0) is 0 Å². The molecule has 0 unspecified atom stereocenters. The van der Waals surface area contributed by atoms with Gasteiger partial charge in [-0.3, -0.25) is 54.3 Å². The molecule has 72 heavy (non-hydrogen) atoms. The highest BCUT2D eigenvalue weighted by molar-refractivity contribution is 7.49. The molecule has 24 N–H and O–H groups in total. The standard InChI is InChI=1S/2C6H18O24P6/c2*7-31(8,9)25-1-2(26-32(10,11)12)4(28-34(16,17)18)6(30-36(22,23)24)5(29-35(19,20)21)3(1)27-33(13,14)15/h2*1-6H,(H2,7,8,9)(H2,10,11,12)(H2,13,14,15)(H2,16,17,18)(H2,19,20,21)(H2,22,23,24). The quantitative estimate of drug-likeness (QED) is 0.0400. The van der Waals surface area contributed by atoms with Gasteiger partial charge in [-0.25, -0.2) is 54.8 Å². The van der Waals surface area contributed by atoms with E-state index in [-0.39, 0.29) is 0 Å². The van der Waals surface area contributed by atoms with Crippen molar-refractivity contribution in [3.63, 3.8) is 0 Å². The summed E-state index contributed by atoms with van der Waals surface area (Å²) in [5, 5.41) is 0. The number of phosphoric ester groups is 12. The molecular formula is C12H36O48P12. The lowest BCUT2D eigenvalue weighted by Gasteiger charge is -2.48. The molecule has 0 aliphatic heterocycles. The maximum Gasteiger partial charge on any atom is 0.470 e. The van der Waals surface area contributed by atoms with E-state index in [1.165, 1.54) is 0 Å². The van der Waals surface area contributed by atoms with Crippen LogP contribution in [0.1, 0.15) is 0 Å². The van der Waals surface area contributed by atoms with Crippen LogP contribution in [0, 0.1) is 0 Å². The molecule has 0 atom stereocenters. The van der Waals surface area contributed by atoms with Crippen molar-refractivity contribution >= 4 is 93.9 Å². The van der Waals surface area contributed by atoms with Gasteiger partial charge >= 0.3 is 93.9 Å². The Labute approximate surface area is 393 Å². The molecule has 0 aromatic rings. The molecule has 48 nitrogen and oxygen atoms in total. The minimum absolute atomic E-state index is 3.14. The fourth-order valence-corrected chi connectivity index (χ4v) is 12.3. The van der Waals surface area contributed by atoms with Crippen molar-refractivity contribution in [2.45, 2.75) is 73.2 Å². The summed E-state index contributed by atoms with van der Waals surface area (Å²) in [5.74, 6) is 0. The van der Waals surface area contributed by atoms with Crippen LogP contribution >= 0.6 is 93.9 Å². The molecule has 0 amide bonds. The van der Waals surface area contributed by atoms with Crippen LogP contribution in [0.15, 0.2) is 0 Å². The molecule has 0 bridgehead atoms. The summed E-state index contributed by atoms with van der Waals surface area (Å²) >= 11 is 0. The third-order valence-electron chi connectivity index (χ3n) is 6.99. The minimum Gasteiger partial charge on any atom is -0.303 e. The van der Waals surface area contributed by atoms with Crippen LogP contribution in [0.25, 0.3) is 0 Å². The van der Waals surface area contributed by atoms with E-state index in [9.17, 15) is 54.8 Å². The van der Waals surface area contributed by atoms with Crippen molar-refractivity contribution in [2.24, 2.45) is 0 Å². The topological polar surface area (TPSA) is 801 Å². The Kier molecular flexibility index (Phi) is 24.8. The molecule has 2 rings (SSSR count). The average molecular weight is 1320 g/mol. The van der Waals surface area contributed by atoms with E-state index in [1.807, 2.05) is 0 Å². The first kappa shape index (κ1) is 71.3. The average Bonchev–Trinajstić information content (AvgIpc) is 3.01. The zero-order valence-electron chi connectivity index (χ0n) is 32.8. The van der Waals surface area contributed by atoms with Crippen molar-refractivity contribution in [1.82, 2.24) is 0 Å². The molecule has 0 aromatic heterocycles. The van der Waals surface area contributed by atoms with Gasteiger partial charge in [0.05, 0.1) is 0 Å². The normalized spacial score (nSPS) is 29.3. The molecule has 2 aliphatic rings. The highest BCUT2D eigenvalue weighted by Gasteiger charge is 2.64. The maximum atomic E-state index is 11.4. The van der Waals surface area contributed by atoms with Crippen molar-refractivity contribution < 1.29 is 227 Å². The largest absolute Gasteiger partial charge is 0.470 e. The summed E-state index contributed by atoms with van der Waals surface area (Å²) in [6.45, 7) is 0. The first-order chi connectivity index (χ1) is 31.1. The predicted molar refractivity (Wildman–Crippen MR) is 203 cm³/mol. The molecule has 2 aliphatic carbocycles. The van der Waals surface area contributed by atoms with E-state index in [0.717, 1.165) is 0 Å². The van der Waals surface area contributed by atoms with Crippen LogP contribution < -0.4 is 0 Å². The van der Waals surface area contributed by atoms with Gasteiger partial charge < -0.3 is 117 Å². The van der Waals surface area contributed by atoms with Gasteiger partial charge in [-0.2, -0.15) is 0 Å². The Bertz CT molecular complexity index is 1800. The van der Waals surface area contributed by atoms with Crippen LogP contribution in [-0.4, -0.2) is 191 Å². The van der Waals surface area contributed by atoms with E-state index in [2.05, 4.69) is 54.3 Å². The third-order valence-corrected chi connectivity index (χ3v) is 13.2. The summed E-state index contributed by atoms with van der Waals surface area (Å²) in [4.78, 5) is 219. The lowest BCUT2D eigenvalue weighted by atomic mass is 9.85. The van der Waals surface area contributed by atoms with E-state index < -0.39 is 167 Å². The Morgan fingerprint density at radius 3 is 0.208 bits per heavy atom. The highest BCUT2D eigenvalue weighted by Crippen LogP contribution is 2.60. The molecular weight excluding hydrogens is 1280 g/mol. The molecule has 0 saturated heterocycles. The highest BCUT2D eigenvalue weighted by atomic mass is 31.2. The molecule has 0 radical (unpaired) electrons. The lowest BCUT2D eigenvalue weighted by Crippen LogP contribution is -2.66. The second kappa shape index (κ2) is 25.0. The summed E-state index contributed by atoms with van der Waals surface area (Å²) in [6, 6.07) is 0. The number of phosphoric acid groups is 12. The van der Waals surface area contributed by atoms with Crippen molar-refractivity contribution in [2.75, 3.05) is 0 Å². The predicted octanol–water partition coefficient (Wildman–Crippen LogP) is -6.27. The molecule has 0 heterocycles. The molecule has 0 aromatic carbocycles. The maximum absolute atomic E-state index is 11.4. The Morgan fingerprint density at radius 1 is 0.139 bits per heavy atom. The van der Waals surface area contributed by atoms with E-state index >= 15 is 0 Å². The van der Waals surface area contributed by atoms with Gasteiger partial charge in [-0.1, -0.05) is 0 Å². The van der Waals surface area contributed by atoms with Gasteiger partial charge in [0.15, 0.2) is 0 Å². The van der Waals surface area contributed by atoms with Crippen LogP contribution in [0.2, 0.25) is 0 Å². The fourth-order valence-electron chi connectivity index (χ4n) is 5.59. The zero-order valence-corrected chi connectivity index (χ0v) is 43.6. The Hall–Kier alpha value is 1.32. The number of rotatable bonds is 24. The van der Waals surface area contributed by atoms with Crippen molar-refractivity contribution in [3.05, 3.63) is 0 Å². The summed E-state index contributed by atoms with van der Waals surface area (Å²) in [7, 11) is -72.2. The molecule has 60 heteroatoms. The molecule has 2 saturated carbocycles. The van der Waals surface area contributed by atoms with Gasteiger partial charge in [0.1, 0.15) is 73.2 Å². The third kappa shape index (κ3) is 29.5. The van der Waals surface area contributed by atoms with E-state index in [0.29, 0.717) is 0 Å². The van der Waals surface area contributed by atoms with Gasteiger partial charge in [0.25, 0.3) is 0 Å². The Morgan fingerprint density at radius 2 is 0.181 bits per heavy atom. The lowest BCUT2D eigenvalue weighted by molar-refractivity contribution is -0.202. The van der Waals surface area contributed by atoms with Gasteiger partial charge in [0.2, 0.25) is 0 Å². The van der Waals surface area contributed by atoms with Crippen LogP contribution in [0.4, 0.5) is 0 Å². The molecule has 0 spiro atoms. The summed E-state index contributed by atoms with van der Waals surface area (Å²) in [6.07, 6.45) is -37.7. The zero-order chi connectivity index (χ0) is 57.4. The van der Waals surface area contributed by atoms with Gasteiger partial charge in [0, 0.05) is 0 Å². The first-order valence-corrected chi connectivity index (χ1v) is 34.4. The molecule has 432 valence electrons. The van der Waals surface area contributed by atoms with E-state index in [4.69, 9.17) is 117 Å². The fraction of sp³-hybridized carbons (Fsp3) is 1.00. The summed E-state index contributed by atoms with van der Waals surface area (Å²) < 4.78 is 186.